The molecule has 0 spiro atoms. The highest BCUT2D eigenvalue weighted by atomic mass is 32.1. The third-order valence-electron chi connectivity index (χ3n) is 1.72. The second-order valence-electron chi connectivity index (χ2n) is 2.93. The van der Waals surface area contributed by atoms with Gasteiger partial charge in [0.2, 0.25) is 0 Å². The van der Waals surface area contributed by atoms with E-state index in [9.17, 15) is 10.1 Å². The Morgan fingerprint density at radius 2 is 1.31 bits per heavy atom. The zero-order chi connectivity index (χ0) is 11.8. The molecule has 0 N–H and O–H groups in total. The van der Waals surface area contributed by atoms with Crippen molar-refractivity contribution in [3.8, 4) is 0 Å². The summed E-state index contributed by atoms with van der Waals surface area (Å²) < 4.78 is 0. The first-order chi connectivity index (χ1) is 7.70. The van der Waals surface area contributed by atoms with Gasteiger partial charge in [-0.3, -0.25) is 10.1 Å². The van der Waals surface area contributed by atoms with Gasteiger partial charge in [-0.05, 0) is 12.1 Å². The summed E-state index contributed by atoms with van der Waals surface area (Å²) >= 11 is 4.08. The van der Waals surface area contributed by atoms with Crippen LogP contribution in [0.2, 0.25) is 0 Å². The minimum atomic E-state index is -0.417. The highest BCUT2D eigenvalue weighted by molar-refractivity contribution is 7.80. The number of non-ortho nitro benzene ring substituents is 1. The predicted molar refractivity (Wildman–Crippen MR) is 66.8 cm³/mol. The van der Waals surface area contributed by atoms with Gasteiger partial charge in [-0.25, -0.2) is 0 Å². The number of hydrogen-bond acceptors (Lipinski definition) is 3. The molecule has 0 bridgehead atoms. The summed E-state index contributed by atoms with van der Waals surface area (Å²) in [6.45, 7) is 0. The highest BCUT2D eigenvalue weighted by Crippen LogP contribution is 2.06. The van der Waals surface area contributed by atoms with Crippen molar-refractivity contribution in [1.29, 1.82) is 0 Å². The standard InChI is InChI=1S/C6H5NO2.C6H6S/c8-7(9)6-4-2-1-3-5-6;7-6-4-2-1-3-5-6/h1-5H;1-5,7H. The van der Waals surface area contributed by atoms with Crippen LogP contribution in [0.25, 0.3) is 0 Å². The van der Waals surface area contributed by atoms with Gasteiger partial charge in [-0.2, -0.15) is 0 Å². The first-order valence-electron chi connectivity index (χ1n) is 4.63. The molecule has 0 aliphatic carbocycles. The third kappa shape index (κ3) is 4.61. The molecule has 0 atom stereocenters. The Kier molecular flexibility index (Phi) is 5.08. The predicted octanol–water partition coefficient (Wildman–Crippen LogP) is 3.57. The Morgan fingerprint density at radius 1 is 0.875 bits per heavy atom. The monoisotopic (exact) mass is 233 g/mol. The fourth-order valence-electron chi connectivity index (χ4n) is 0.978. The molecule has 2 aromatic rings. The fraction of sp³-hybridized carbons (Fsp3) is 0. The van der Waals surface area contributed by atoms with Crippen molar-refractivity contribution in [3.63, 3.8) is 0 Å². The van der Waals surface area contributed by atoms with Gasteiger partial charge in [0.1, 0.15) is 0 Å². The topological polar surface area (TPSA) is 43.1 Å². The number of nitrogens with zero attached hydrogens (tertiary/aromatic N) is 1. The zero-order valence-electron chi connectivity index (χ0n) is 8.48. The maximum atomic E-state index is 10.0. The van der Waals surface area contributed by atoms with Crippen LogP contribution >= 0.6 is 12.6 Å². The number of nitro groups is 1. The van der Waals surface area contributed by atoms with Crippen molar-refractivity contribution in [2.24, 2.45) is 0 Å². The van der Waals surface area contributed by atoms with Crippen molar-refractivity contribution in [2.45, 2.75) is 4.90 Å². The maximum Gasteiger partial charge on any atom is 0.269 e. The summed E-state index contributed by atoms with van der Waals surface area (Å²) in [5.41, 5.74) is 0.137. The van der Waals surface area contributed by atoms with Crippen molar-refractivity contribution in [2.75, 3.05) is 0 Å². The molecule has 3 nitrogen and oxygen atoms in total. The van der Waals surface area contributed by atoms with Crippen LogP contribution < -0.4 is 0 Å². The second kappa shape index (κ2) is 6.63. The van der Waals surface area contributed by atoms with Crippen LogP contribution in [0.15, 0.2) is 65.6 Å². The van der Waals surface area contributed by atoms with Crippen molar-refractivity contribution >= 4 is 18.3 Å². The van der Waals surface area contributed by atoms with Gasteiger partial charge >= 0.3 is 0 Å². The van der Waals surface area contributed by atoms with E-state index in [1.807, 2.05) is 30.3 Å². The molecule has 82 valence electrons. The lowest BCUT2D eigenvalue weighted by atomic mass is 10.3. The molecule has 0 heterocycles. The minimum absolute atomic E-state index is 0.137. The van der Waals surface area contributed by atoms with E-state index in [4.69, 9.17) is 0 Å². The van der Waals surface area contributed by atoms with E-state index >= 15 is 0 Å². The molecule has 0 amide bonds. The maximum absolute atomic E-state index is 10.0. The number of nitro benzene ring substituents is 1. The van der Waals surface area contributed by atoms with Crippen LogP contribution in [0.3, 0.4) is 0 Å². The number of rotatable bonds is 1. The average molecular weight is 233 g/mol. The molecule has 0 aliphatic heterocycles. The summed E-state index contributed by atoms with van der Waals surface area (Å²) in [6.07, 6.45) is 0. The summed E-state index contributed by atoms with van der Waals surface area (Å²) in [6, 6.07) is 17.7. The van der Waals surface area contributed by atoms with Crippen molar-refractivity contribution in [1.82, 2.24) is 0 Å². The van der Waals surface area contributed by atoms with Gasteiger partial charge in [0.25, 0.3) is 5.69 Å². The van der Waals surface area contributed by atoms with E-state index in [1.54, 1.807) is 18.2 Å². The van der Waals surface area contributed by atoms with Crippen LogP contribution in [-0.2, 0) is 0 Å². The summed E-state index contributed by atoms with van der Waals surface area (Å²) in [7, 11) is 0. The van der Waals surface area contributed by atoms with Crippen LogP contribution in [0.4, 0.5) is 5.69 Å². The van der Waals surface area contributed by atoms with Gasteiger partial charge in [-0.15, -0.1) is 12.6 Å². The number of para-hydroxylation sites is 1. The Labute approximate surface area is 99.3 Å². The molecular weight excluding hydrogens is 222 g/mol. The first-order valence-corrected chi connectivity index (χ1v) is 5.08. The van der Waals surface area contributed by atoms with E-state index in [0.29, 0.717) is 0 Å². The van der Waals surface area contributed by atoms with E-state index in [1.165, 1.54) is 12.1 Å². The quantitative estimate of drug-likeness (QED) is 0.465. The first kappa shape index (κ1) is 12.3. The minimum Gasteiger partial charge on any atom is -0.258 e. The molecule has 0 saturated carbocycles. The Morgan fingerprint density at radius 3 is 1.56 bits per heavy atom. The lowest BCUT2D eigenvalue weighted by Gasteiger charge is -1.85. The molecule has 0 aromatic heterocycles. The number of benzene rings is 2. The molecular formula is C12H11NO2S. The molecule has 0 radical (unpaired) electrons. The second-order valence-corrected chi connectivity index (χ2v) is 3.44. The van der Waals surface area contributed by atoms with Crippen LogP contribution in [-0.4, -0.2) is 4.92 Å². The van der Waals surface area contributed by atoms with Crippen LogP contribution in [0.1, 0.15) is 0 Å². The molecule has 4 heteroatoms. The fourth-order valence-corrected chi connectivity index (χ4v) is 1.15. The smallest absolute Gasteiger partial charge is 0.258 e. The molecule has 0 aliphatic rings. The molecule has 0 fully saturated rings. The summed E-state index contributed by atoms with van der Waals surface area (Å²) in [5, 5.41) is 10.0. The molecule has 16 heavy (non-hydrogen) atoms. The SMILES string of the molecule is O=[N+]([O-])c1ccccc1.Sc1ccccc1. The Bertz CT molecular complexity index is 431. The van der Waals surface area contributed by atoms with E-state index < -0.39 is 4.92 Å². The zero-order valence-corrected chi connectivity index (χ0v) is 9.38. The van der Waals surface area contributed by atoms with Gasteiger partial charge in [0.15, 0.2) is 0 Å². The number of hydrogen-bond donors (Lipinski definition) is 1. The van der Waals surface area contributed by atoms with E-state index in [2.05, 4.69) is 12.6 Å². The van der Waals surface area contributed by atoms with E-state index in [0.717, 1.165) is 4.90 Å². The number of thiol groups is 1. The summed E-state index contributed by atoms with van der Waals surface area (Å²) in [4.78, 5) is 10.6. The molecule has 2 rings (SSSR count). The molecule has 0 unspecified atom stereocenters. The van der Waals surface area contributed by atoms with E-state index in [-0.39, 0.29) is 5.69 Å². The van der Waals surface area contributed by atoms with Gasteiger partial charge < -0.3 is 0 Å². The lowest BCUT2D eigenvalue weighted by Crippen LogP contribution is -1.84. The average Bonchev–Trinajstić information content (AvgIpc) is 2.32. The lowest BCUT2D eigenvalue weighted by molar-refractivity contribution is -0.384. The van der Waals surface area contributed by atoms with Gasteiger partial charge in [-0.1, -0.05) is 36.4 Å². The highest BCUT2D eigenvalue weighted by Gasteiger charge is 1.98. The third-order valence-corrected chi connectivity index (χ3v) is 2.02. The van der Waals surface area contributed by atoms with Gasteiger partial charge in [0, 0.05) is 17.0 Å². The van der Waals surface area contributed by atoms with Crippen LogP contribution in [0, 0.1) is 10.1 Å². The van der Waals surface area contributed by atoms with Gasteiger partial charge in [0.05, 0.1) is 4.92 Å². The largest absolute Gasteiger partial charge is 0.269 e. The Balaban J connectivity index is 0.000000165. The molecule has 2 aromatic carbocycles. The van der Waals surface area contributed by atoms with Crippen LogP contribution in [0.5, 0.6) is 0 Å². The van der Waals surface area contributed by atoms with Crippen molar-refractivity contribution < 1.29 is 4.92 Å². The molecule has 0 saturated heterocycles. The van der Waals surface area contributed by atoms with Crippen molar-refractivity contribution in [3.05, 3.63) is 70.8 Å². The Hall–Kier alpha value is -1.81. The summed E-state index contributed by atoms with van der Waals surface area (Å²) in [5.74, 6) is 0. The normalized spacial score (nSPS) is 8.81.